The Morgan fingerprint density at radius 2 is 1.77 bits per heavy atom. The third kappa shape index (κ3) is 2.66. The molecule has 0 radical (unpaired) electrons. The Morgan fingerprint density at radius 1 is 1.19 bits per heavy atom. The van der Waals surface area contributed by atoms with Gasteiger partial charge in [-0.3, -0.25) is 19.3 Å². The fourth-order valence-electron chi connectivity index (χ4n) is 4.68. The van der Waals surface area contributed by atoms with Gasteiger partial charge in [0.25, 0.3) is 0 Å². The first-order chi connectivity index (χ1) is 12.3. The van der Waals surface area contributed by atoms with Crippen LogP contribution in [-0.2, 0) is 14.4 Å². The van der Waals surface area contributed by atoms with Gasteiger partial charge in [-0.15, -0.1) is 0 Å². The van der Waals surface area contributed by atoms with E-state index in [1.165, 1.54) is 4.90 Å². The van der Waals surface area contributed by atoms with Crippen LogP contribution in [0, 0.1) is 23.7 Å². The molecule has 7 atom stereocenters. The zero-order valence-electron chi connectivity index (χ0n) is 13.9. The van der Waals surface area contributed by atoms with Crippen LogP contribution in [0.3, 0.4) is 0 Å². The molecule has 1 aromatic rings. The lowest BCUT2D eigenvalue weighted by molar-refractivity contribution is -0.146. The maximum Gasteiger partial charge on any atom is 0.247 e. The maximum absolute atomic E-state index is 13.0. The van der Waals surface area contributed by atoms with Gasteiger partial charge in [0.2, 0.25) is 17.7 Å². The second kappa shape index (κ2) is 6.60. The van der Waals surface area contributed by atoms with Crippen molar-refractivity contribution < 1.29 is 14.4 Å². The third-order valence-electron chi connectivity index (χ3n) is 5.88. The number of halogens is 3. The standard InChI is InChI=1S/C18H17Br2ClN2O3/c1-7(16(24)22-9-4-2-3-8(21)5-9)23-17(25)12-10-6-11(13(12)18(23)26)15(20)14(10)19/h2-5,7,10-15H,6H2,1H3,(H,22,24)/t7-,10-,11-,12-,13+,14-,15+/m0/s1. The van der Waals surface area contributed by atoms with Gasteiger partial charge in [-0.25, -0.2) is 0 Å². The van der Waals surface area contributed by atoms with Gasteiger partial charge in [-0.2, -0.15) is 0 Å². The zero-order valence-corrected chi connectivity index (χ0v) is 17.8. The van der Waals surface area contributed by atoms with Gasteiger partial charge in [-0.05, 0) is 43.4 Å². The summed E-state index contributed by atoms with van der Waals surface area (Å²) in [5, 5.41) is 3.24. The summed E-state index contributed by atoms with van der Waals surface area (Å²) in [4.78, 5) is 40.1. The summed E-state index contributed by atoms with van der Waals surface area (Å²) in [5.74, 6) is -1.18. The molecule has 26 heavy (non-hydrogen) atoms. The average Bonchev–Trinajstić information content (AvgIpc) is 3.19. The van der Waals surface area contributed by atoms with Crippen LogP contribution < -0.4 is 5.32 Å². The first-order valence-electron chi connectivity index (χ1n) is 8.52. The van der Waals surface area contributed by atoms with Crippen molar-refractivity contribution in [2.24, 2.45) is 23.7 Å². The van der Waals surface area contributed by atoms with E-state index in [2.05, 4.69) is 37.2 Å². The maximum atomic E-state index is 13.0. The van der Waals surface area contributed by atoms with Crippen LogP contribution in [0.4, 0.5) is 5.69 Å². The first kappa shape index (κ1) is 18.4. The van der Waals surface area contributed by atoms with Crippen molar-refractivity contribution in [3.05, 3.63) is 29.3 Å². The van der Waals surface area contributed by atoms with Crippen molar-refractivity contribution in [2.75, 3.05) is 5.32 Å². The zero-order chi connectivity index (χ0) is 18.7. The lowest BCUT2D eigenvalue weighted by atomic mass is 9.81. The van der Waals surface area contributed by atoms with Crippen LogP contribution >= 0.6 is 43.5 Å². The number of hydrogen-bond donors (Lipinski definition) is 1. The molecule has 1 aliphatic heterocycles. The molecule has 0 unspecified atom stereocenters. The number of carbonyl (C=O) groups excluding carboxylic acids is 3. The van der Waals surface area contributed by atoms with E-state index in [4.69, 9.17) is 11.6 Å². The fourth-order valence-corrected chi connectivity index (χ4v) is 6.75. The molecular formula is C18H17Br2ClN2O3. The molecule has 3 aliphatic rings. The number of benzene rings is 1. The molecular weight excluding hydrogens is 487 g/mol. The lowest BCUT2D eigenvalue weighted by Gasteiger charge is -2.28. The highest BCUT2D eigenvalue weighted by Crippen LogP contribution is 2.60. The molecule has 138 valence electrons. The normalized spacial score (nSPS) is 36.4. The summed E-state index contributed by atoms with van der Waals surface area (Å²) in [6, 6.07) is 5.91. The molecule has 1 heterocycles. The van der Waals surface area contributed by atoms with Crippen molar-refractivity contribution >= 4 is 66.9 Å². The highest BCUT2D eigenvalue weighted by Gasteiger charge is 2.67. The molecule has 4 rings (SSSR count). The summed E-state index contributed by atoms with van der Waals surface area (Å²) < 4.78 is 0. The number of rotatable bonds is 3. The second-order valence-electron chi connectivity index (χ2n) is 7.23. The summed E-state index contributed by atoms with van der Waals surface area (Å²) in [5.41, 5.74) is 0.537. The summed E-state index contributed by atoms with van der Waals surface area (Å²) in [6.45, 7) is 1.59. The van der Waals surface area contributed by atoms with E-state index in [1.54, 1.807) is 31.2 Å². The molecule has 3 amide bonds. The Hall–Kier alpha value is -0.920. The molecule has 0 spiro atoms. The predicted molar refractivity (Wildman–Crippen MR) is 105 cm³/mol. The fraction of sp³-hybridized carbons (Fsp3) is 0.500. The average molecular weight is 505 g/mol. The van der Waals surface area contributed by atoms with Gasteiger partial charge < -0.3 is 5.32 Å². The molecule has 1 N–H and O–H groups in total. The Kier molecular flexibility index (Phi) is 4.68. The lowest BCUT2D eigenvalue weighted by Crippen LogP contribution is -2.46. The van der Waals surface area contributed by atoms with Crippen LogP contribution in [0.2, 0.25) is 5.02 Å². The molecule has 8 heteroatoms. The topological polar surface area (TPSA) is 66.5 Å². The molecule has 3 fully saturated rings. The minimum atomic E-state index is -0.860. The predicted octanol–water partition coefficient (Wildman–Crippen LogP) is 3.44. The number of carbonyl (C=O) groups is 3. The van der Waals surface area contributed by atoms with Crippen LogP contribution in [0.25, 0.3) is 0 Å². The van der Waals surface area contributed by atoms with E-state index in [1.807, 2.05) is 0 Å². The van der Waals surface area contributed by atoms with Crippen molar-refractivity contribution in [3.63, 3.8) is 0 Å². The number of nitrogens with one attached hydrogen (secondary N) is 1. The summed E-state index contributed by atoms with van der Waals surface area (Å²) in [7, 11) is 0. The first-order valence-corrected chi connectivity index (χ1v) is 10.7. The number of alkyl halides is 2. The van der Waals surface area contributed by atoms with E-state index >= 15 is 0 Å². The van der Waals surface area contributed by atoms with Crippen molar-refractivity contribution in [2.45, 2.75) is 29.0 Å². The van der Waals surface area contributed by atoms with Crippen molar-refractivity contribution in [1.82, 2.24) is 4.90 Å². The van der Waals surface area contributed by atoms with Crippen LogP contribution in [-0.4, -0.2) is 38.3 Å². The number of likely N-dealkylation sites (tertiary alicyclic amines) is 1. The van der Waals surface area contributed by atoms with E-state index in [9.17, 15) is 14.4 Å². The summed E-state index contributed by atoms with van der Waals surface area (Å²) in [6.07, 6.45) is 0.871. The number of anilines is 1. The van der Waals surface area contributed by atoms with Gasteiger partial charge in [-0.1, -0.05) is 49.5 Å². The number of imide groups is 1. The van der Waals surface area contributed by atoms with E-state index < -0.39 is 11.9 Å². The van der Waals surface area contributed by atoms with Gasteiger partial charge in [0.1, 0.15) is 6.04 Å². The van der Waals surface area contributed by atoms with Gasteiger partial charge >= 0.3 is 0 Å². The molecule has 1 saturated heterocycles. The van der Waals surface area contributed by atoms with Gasteiger partial charge in [0.05, 0.1) is 11.8 Å². The van der Waals surface area contributed by atoms with Gasteiger partial charge in [0.15, 0.2) is 0 Å². The van der Waals surface area contributed by atoms with Crippen LogP contribution in [0.5, 0.6) is 0 Å². The largest absolute Gasteiger partial charge is 0.324 e. The number of amides is 3. The smallest absolute Gasteiger partial charge is 0.247 e. The molecule has 2 saturated carbocycles. The van der Waals surface area contributed by atoms with Crippen LogP contribution in [0.15, 0.2) is 24.3 Å². The Morgan fingerprint density at radius 3 is 2.31 bits per heavy atom. The van der Waals surface area contributed by atoms with E-state index in [0.717, 1.165) is 6.42 Å². The minimum Gasteiger partial charge on any atom is -0.324 e. The van der Waals surface area contributed by atoms with E-state index in [0.29, 0.717) is 10.7 Å². The molecule has 2 aliphatic carbocycles. The molecule has 1 aromatic carbocycles. The van der Waals surface area contributed by atoms with Gasteiger partial charge in [0, 0.05) is 20.4 Å². The Labute approximate surface area is 173 Å². The Balaban J connectivity index is 1.54. The highest BCUT2D eigenvalue weighted by molar-refractivity contribution is 9.12. The molecule has 0 aromatic heterocycles. The van der Waals surface area contributed by atoms with E-state index in [-0.39, 0.29) is 45.1 Å². The van der Waals surface area contributed by atoms with Crippen molar-refractivity contribution in [1.29, 1.82) is 0 Å². The minimum absolute atomic E-state index is 0.138. The monoisotopic (exact) mass is 502 g/mol. The second-order valence-corrected chi connectivity index (χ2v) is 9.78. The SMILES string of the molecule is C[C@@H](C(=O)Nc1cccc(Cl)c1)N1C(=O)[C@@H]2[C@@H]3C[C@H]([C@H](Br)[C@@H]3Br)[C@@H]2C1=O. The highest BCUT2D eigenvalue weighted by atomic mass is 79.9. The quantitative estimate of drug-likeness (QED) is 0.507. The summed E-state index contributed by atoms with van der Waals surface area (Å²) >= 11 is 13.3. The van der Waals surface area contributed by atoms with Crippen LogP contribution in [0.1, 0.15) is 13.3 Å². The molecule has 5 nitrogen and oxygen atoms in total. The third-order valence-corrected chi connectivity index (χ3v) is 9.32. The van der Waals surface area contributed by atoms with Crippen molar-refractivity contribution in [3.8, 4) is 0 Å². The number of nitrogens with zero attached hydrogens (tertiary/aromatic N) is 1. The molecule has 2 bridgehead atoms. The number of hydrogen-bond acceptors (Lipinski definition) is 3. The number of fused-ring (bicyclic) bond motifs is 5. The Bertz CT molecular complexity index is 772.